The summed E-state index contributed by atoms with van der Waals surface area (Å²) in [6.07, 6.45) is 1.05. The van der Waals surface area contributed by atoms with Crippen LogP contribution in [0.4, 0.5) is 0 Å². The highest BCUT2D eigenvalue weighted by Crippen LogP contribution is 2.10. The van der Waals surface area contributed by atoms with E-state index < -0.39 is 5.97 Å². The van der Waals surface area contributed by atoms with Crippen molar-refractivity contribution in [3.05, 3.63) is 12.7 Å². The van der Waals surface area contributed by atoms with Crippen LogP contribution in [0.3, 0.4) is 0 Å². The molecule has 0 saturated carbocycles. The summed E-state index contributed by atoms with van der Waals surface area (Å²) < 4.78 is 4.33. The molecule has 15 heavy (non-hydrogen) atoms. The third kappa shape index (κ3) is 13.1. The molecule has 0 aromatic carbocycles. The van der Waals surface area contributed by atoms with Crippen LogP contribution >= 0.6 is 0 Å². The van der Waals surface area contributed by atoms with Crippen LogP contribution in [-0.2, 0) is 9.53 Å². The van der Waals surface area contributed by atoms with Gasteiger partial charge in [-0.05, 0) is 0 Å². The van der Waals surface area contributed by atoms with Crippen molar-refractivity contribution in [1.29, 1.82) is 0 Å². The summed E-state index contributed by atoms with van der Waals surface area (Å²) in [5.41, 5.74) is -0.306. The van der Waals surface area contributed by atoms with Gasteiger partial charge in [0, 0.05) is 11.5 Å². The molecule has 0 aliphatic heterocycles. The number of hydrogen-bond acceptors (Lipinski definition) is 5. The first kappa shape index (κ1) is 16.5. The van der Waals surface area contributed by atoms with Gasteiger partial charge in [-0.15, -0.1) is 0 Å². The Morgan fingerprint density at radius 1 is 1.33 bits per heavy atom. The third-order valence-corrected chi connectivity index (χ3v) is 1.36. The van der Waals surface area contributed by atoms with Crippen molar-refractivity contribution in [3.63, 3.8) is 0 Å². The fourth-order valence-electron chi connectivity index (χ4n) is 0.255. The summed E-state index contributed by atoms with van der Waals surface area (Å²) in [4.78, 5) is 10.1. The molecule has 0 rings (SSSR count). The lowest BCUT2D eigenvalue weighted by atomic mass is 9.97. The van der Waals surface area contributed by atoms with Crippen LogP contribution in [0.2, 0.25) is 0 Å². The normalized spacial score (nSPS) is 9.93. The molecule has 0 aliphatic carbocycles. The quantitative estimate of drug-likeness (QED) is 0.437. The van der Waals surface area contributed by atoms with Crippen molar-refractivity contribution in [2.75, 3.05) is 26.4 Å². The fourth-order valence-corrected chi connectivity index (χ4v) is 0.255. The van der Waals surface area contributed by atoms with Crippen molar-refractivity contribution < 1.29 is 24.9 Å². The predicted molar refractivity (Wildman–Crippen MR) is 56.2 cm³/mol. The van der Waals surface area contributed by atoms with Gasteiger partial charge < -0.3 is 20.1 Å². The molecule has 0 bridgehead atoms. The highest BCUT2D eigenvalue weighted by atomic mass is 16.5. The second kappa shape index (κ2) is 9.64. The summed E-state index contributed by atoms with van der Waals surface area (Å²) in [5, 5.41) is 25.0. The first-order valence-electron chi connectivity index (χ1n) is 4.55. The molecule has 90 valence electrons. The zero-order valence-electron chi connectivity index (χ0n) is 9.27. The van der Waals surface area contributed by atoms with E-state index in [0.717, 1.165) is 6.08 Å². The smallest absolute Gasteiger partial charge is 0.330 e. The molecule has 0 aromatic heterocycles. The van der Waals surface area contributed by atoms with Crippen molar-refractivity contribution in [1.82, 2.24) is 0 Å². The highest BCUT2D eigenvalue weighted by molar-refractivity contribution is 5.81. The van der Waals surface area contributed by atoms with Gasteiger partial charge in [0.15, 0.2) is 0 Å². The molecule has 0 spiro atoms. The Hall–Kier alpha value is -0.910. The molecular formula is C10H20O5. The zero-order chi connectivity index (χ0) is 12.3. The van der Waals surface area contributed by atoms with E-state index in [1.807, 2.05) is 0 Å². The number of carbonyl (C=O) groups is 1. The standard InChI is InChI=1S/C5H8O3.C5H12O2/c1-2-5(7)8-4-3-6;1-5(2,3-6)4-7/h2,6H,1,3-4H2;6-7H,3-4H2,1-2H3. The first-order chi connectivity index (χ1) is 6.93. The van der Waals surface area contributed by atoms with E-state index in [0.29, 0.717) is 0 Å². The Morgan fingerprint density at radius 3 is 2.00 bits per heavy atom. The largest absolute Gasteiger partial charge is 0.460 e. The summed E-state index contributed by atoms with van der Waals surface area (Å²) in [6.45, 7) is 6.75. The number of hydrogen-bond donors (Lipinski definition) is 3. The van der Waals surface area contributed by atoms with Gasteiger partial charge in [0.1, 0.15) is 6.61 Å². The van der Waals surface area contributed by atoms with E-state index in [2.05, 4.69) is 11.3 Å². The van der Waals surface area contributed by atoms with Crippen molar-refractivity contribution >= 4 is 5.97 Å². The van der Waals surface area contributed by atoms with E-state index >= 15 is 0 Å². The molecule has 0 atom stereocenters. The number of aliphatic hydroxyl groups is 3. The molecule has 0 radical (unpaired) electrons. The second-order valence-corrected chi connectivity index (χ2v) is 3.58. The van der Waals surface area contributed by atoms with Gasteiger partial charge in [-0.3, -0.25) is 0 Å². The van der Waals surface area contributed by atoms with Gasteiger partial charge in [-0.1, -0.05) is 20.4 Å². The number of ether oxygens (including phenoxy) is 1. The lowest BCUT2D eigenvalue weighted by molar-refractivity contribution is -0.138. The average Bonchev–Trinajstić information content (AvgIpc) is 2.26. The maximum atomic E-state index is 10.1. The molecule has 0 amide bonds. The topological polar surface area (TPSA) is 87.0 Å². The van der Waals surface area contributed by atoms with Gasteiger partial charge in [0.2, 0.25) is 0 Å². The lowest BCUT2D eigenvalue weighted by Crippen LogP contribution is -2.20. The van der Waals surface area contributed by atoms with Gasteiger partial charge in [-0.25, -0.2) is 4.79 Å². The monoisotopic (exact) mass is 220 g/mol. The molecule has 3 N–H and O–H groups in total. The SMILES string of the molecule is C=CC(=O)OCCO.CC(C)(CO)CO. The zero-order valence-corrected chi connectivity index (χ0v) is 9.27. The van der Waals surface area contributed by atoms with Gasteiger partial charge in [0.05, 0.1) is 19.8 Å². The predicted octanol–water partition coefficient (Wildman–Crippen LogP) is -0.295. The van der Waals surface area contributed by atoms with E-state index in [-0.39, 0.29) is 31.8 Å². The second-order valence-electron chi connectivity index (χ2n) is 3.58. The number of carbonyl (C=O) groups excluding carboxylic acids is 1. The molecule has 0 heterocycles. The van der Waals surface area contributed by atoms with Crippen LogP contribution in [0.15, 0.2) is 12.7 Å². The maximum Gasteiger partial charge on any atom is 0.330 e. The van der Waals surface area contributed by atoms with Crippen LogP contribution in [0, 0.1) is 5.41 Å². The minimum atomic E-state index is -0.501. The Bertz CT molecular complexity index is 171. The van der Waals surface area contributed by atoms with Gasteiger partial charge in [-0.2, -0.15) is 0 Å². The summed E-state index contributed by atoms with van der Waals surface area (Å²) in [7, 11) is 0. The van der Waals surface area contributed by atoms with E-state index in [9.17, 15) is 4.79 Å². The Balaban J connectivity index is 0. The van der Waals surface area contributed by atoms with Crippen LogP contribution in [0.25, 0.3) is 0 Å². The first-order valence-corrected chi connectivity index (χ1v) is 4.55. The Kier molecular flexibility index (Phi) is 10.6. The van der Waals surface area contributed by atoms with Gasteiger partial charge in [0.25, 0.3) is 0 Å². The molecule has 5 heteroatoms. The Labute approximate surface area is 90.0 Å². The van der Waals surface area contributed by atoms with E-state index in [1.54, 1.807) is 13.8 Å². The third-order valence-electron chi connectivity index (χ3n) is 1.36. The molecule has 0 aliphatic rings. The summed E-state index contributed by atoms with van der Waals surface area (Å²) in [5.74, 6) is -0.501. The molecule has 0 unspecified atom stereocenters. The van der Waals surface area contributed by atoms with Crippen LogP contribution in [0.1, 0.15) is 13.8 Å². The van der Waals surface area contributed by atoms with Gasteiger partial charge >= 0.3 is 5.97 Å². The van der Waals surface area contributed by atoms with E-state index in [4.69, 9.17) is 15.3 Å². The molecular weight excluding hydrogens is 200 g/mol. The minimum absolute atomic E-state index is 0.0451. The molecule has 0 saturated heterocycles. The van der Waals surface area contributed by atoms with Crippen LogP contribution in [0.5, 0.6) is 0 Å². The van der Waals surface area contributed by atoms with Crippen LogP contribution < -0.4 is 0 Å². The summed E-state index contributed by atoms with van der Waals surface area (Å²) in [6, 6.07) is 0. The maximum absolute atomic E-state index is 10.1. The average molecular weight is 220 g/mol. The lowest BCUT2D eigenvalue weighted by Gasteiger charge is -2.16. The van der Waals surface area contributed by atoms with Crippen molar-refractivity contribution in [2.45, 2.75) is 13.8 Å². The fraction of sp³-hybridized carbons (Fsp3) is 0.700. The van der Waals surface area contributed by atoms with Crippen molar-refractivity contribution in [2.24, 2.45) is 5.41 Å². The number of aliphatic hydroxyl groups excluding tert-OH is 3. The number of esters is 1. The summed E-state index contributed by atoms with van der Waals surface area (Å²) >= 11 is 0. The number of rotatable bonds is 5. The minimum Gasteiger partial charge on any atom is -0.460 e. The van der Waals surface area contributed by atoms with Crippen molar-refractivity contribution in [3.8, 4) is 0 Å². The van der Waals surface area contributed by atoms with Crippen LogP contribution in [-0.4, -0.2) is 47.7 Å². The Morgan fingerprint density at radius 2 is 1.80 bits per heavy atom. The van der Waals surface area contributed by atoms with E-state index in [1.165, 1.54) is 0 Å². The molecule has 5 nitrogen and oxygen atoms in total. The molecule has 0 fully saturated rings. The molecule has 0 aromatic rings. The highest BCUT2D eigenvalue weighted by Gasteiger charge is 2.13.